The number of nitrogens with zero attached hydrogens (tertiary/aromatic N) is 2. The molecule has 2 aromatic rings. The van der Waals surface area contributed by atoms with Gasteiger partial charge in [0.25, 0.3) is 0 Å². The number of H-pyrrole nitrogens is 1. The molecule has 0 bridgehead atoms. The third-order valence-electron chi connectivity index (χ3n) is 2.59. The summed E-state index contributed by atoms with van der Waals surface area (Å²) >= 11 is 3.38. The Morgan fingerprint density at radius 2 is 2.10 bits per heavy atom. The summed E-state index contributed by atoms with van der Waals surface area (Å²) in [6.07, 6.45) is 0.299. The van der Waals surface area contributed by atoms with Crippen LogP contribution in [0.3, 0.4) is 0 Å². The molecule has 0 aliphatic rings. The van der Waals surface area contributed by atoms with E-state index in [4.69, 9.17) is 5.73 Å². The standard InChI is InChI=1S/C13H16BrN5O.ClH/c1-8(15)6-12(20)16-7-11-17-13(19-18-11)9-2-4-10(14)5-3-9;/h2-5,8H,6-7,15H2,1H3,(H,16,20)(H,17,18,19);1H. The molecule has 1 aromatic heterocycles. The van der Waals surface area contributed by atoms with Crippen LogP contribution in [0.5, 0.6) is 0 Å². The lowest BCUT2D eigenvalue weighted by Crippen LogP contribution is -2.29. The zero-order chi connectivity index (χ0) is 14.5. The normalized spacial score (nSPS) is 11.6. The Morgan fingerprint density at radius 1 is 1.43 bits per heavy atom. The topological polar surface area (TPSA) is 96.7 Å². The van der Waals surface area contributed by atoms with Gasteiger partial charge in [-0.1, -0.05) is 28.1 Å². The zero-order valence-corrected chi connectivity index (χ0v) is 13.9. The molecular formula is C13H17BrClN5O. The summed E-state index contributed by atoms with van der Waals surface area (Å²) in [6, 6.07) is 7.55. The number of hydrogen-bond acceptors (Lipinski definition) is 4. The lowest BCUT2D eigenvalue weighted by atomic mass is 10.2. The van der Waals surface area contributed by atoms with Crippen molar-refractivity contribution in [2.24, 2.45) is 5.73 Å². The van der Waals surface area contributed by atoms with Gasteiger partial charge in [0.05, 0.1) is 6.54 Å². The third-order valence-corrected chi connectivity index (χ3v) is 3.12. The van der Waals surface area contributed by atoms with E-state index in [1.54, 1.807) is 6.92 Å². The molecule has 6 nitrogen and oxygen atoms in total. The van der Waals surface area contributed by atoms with Crippen LogP contribution in [-0.2, 0) is 11.3 Å². The van der Waals surface area contributed by atoms with E-state index in [0.717, 1.165) is 10.0 Å². The van der Waals surface area contributed by atoms with Crippen molar-refractivity contribution in [1.82, 2.24) is 20.5 Å². The van der Waals surface area contributed by atoms with Gasteiger partial charge in [0.1, 0.15) is 5.82 Å². The molecule has 1 unspecified atom stereocenters. The highest BCUT2D eigenvalue weighted by atomic mass is 79.9. The molecule has 0 saturated carbocycles. The summed E-state index contributed by atoms with van der Waals surface area (Å²) in [5, 5.41) is 9.68. The number of nitrogens with one attached hydrogen (secondary N) is 2. The minimum absolute atomic E-state index is 0. The number of rotatable bonds is 5. The van der Waals surface area contributed by atoms with Crippen molar-refractivity contribution in [2.75, 3.05) is 0 Å². The van der Waals surface area contributed by atoms with E-state index in [0.29, 0.717) is 24.6 Å². The van der Waals surface area contributed by atoms with E-state index in [2.05, 4.69) is 36.4 Å². The predicted octanol–water partition coefficient (Wildman–Crippen LogP) is 2.01. The highest BCUT2D eigenvalue weighted by Gasteiger charge is 2.08. The number of carbonyl (C=O) groups is 1. The van der Waals surface area contributed by atoms with Crippen LogP contribution in [0, 0.1) is 0 Å². The third kappa shape index (κ3) is 5.45. The Labute approximate surface area is 137 Å². The molecule has 0 fully saturated rings. The maximum Gasteiger partial charge on any atom is 0.221 e. The molecule has 1 amide bonds. The van der Waals surface area contributed by atoms with Gasteiger partial charge in [0.15, 0.2) is 5.82 Å². The maximum absolute atomic E-state index is 11.5. The lowest BCUT2D eigenvalue weighted by Gasteiger charge is -2.04. The first-order valence-electron chi connectivity index (χ1n) is 6.24. The van der Waals surface area contributed by atoms with Gasteiger partial charge in [0.2, 0.25) is 5.91 Å². The van der Waals surface area contributed by atoms with E-state index in [-0.39, 0.29) is 24.4 Å². The van der Waals surface area contributed by atoms with Crippen LogP contribution in [0.1, 0.15) is 19.2 Å². The summed E-state index contributed by atoms with van der Waals surface area (Å²) < 4.78 is 1.00. The van der Waals surface area contributed by atoms with Crippen LogP contribution in [0.15, 0.2) is 28.7 Å². The summed E-state index contributed by atoms with van der Waals surface area (Å²) in [6.45, 7) is 2.11. The van der Waals surface area contributed by atoms with E-state index < -0.39 is 0 Å². The summed E-state index contributed by atoms with van der Waals surface area (Å²) in [7, 11) is 0. The SMILES string of the molecule is CC(N)CC(=O)NCc1nc(-c2ccc(Br)cc2)n[nH]1.Cl. The number of carbonyl (C=O) groups excluding carboxylic acids is 1. The predicted molar refractivity (Wildman–Crippen MR) is 86.9 cm³/mol. The van der Waals surface area contributed by atoms with Gasteiger partial charge in [-0.2, -0.15) is 5.10 Å². The summed E-state index contributed by atoms with van der Waals surface area (Å²) in [5.41, 5.74) is 6.47. The van der Waals surface area contributed by atoms with Crippen LogP contribution >= 0.6 is 28.3 Å². The van der Waals surface area contributed by atoms with Crippen LogP contribution < -0.4 is 11.1 Å². The number of aromatic nitrogens is 3. The Morgan fingerprint density at radius 3 is 2.71 bits per heavy atom. The van der Waals surface area contributed by atoms with Crippen molar-refractivity contribution in [3.63, 3.8) is 0 Å². The molecule has 1 aromatic carbocycles. The second-order valence-electron chi connectivity index (χ2n) is 4.57. The molecule has 1 heterocycles. The molecule has 8 heteroatoms. The van der Waals surface area contributed by atoms with Gasteiger partial charge < -0.3 is 11.1 Å². The van der Waals surface area contributed by atoms with Gasteiger partial charge in [-0.15, -0.1) is 12.4 Å². The fourth-order valence-corrected chi connectivity index (χ4v) is 1.91. The highest BCUT2D eigenvalue weighted by Crippen LogP contribution is 2.18. The number of nitrogens with two attached hydrogens (primary N) is 1. The number of amides is 1. The van der Waals surface area contributed by atoms with E-state index >= 15 is 0 Å². The zero-order valence-electron chi connectivity index (χ0n) is 11.5. The molecule has 0 aliphatic heterocycles. The smallest absolute Gasteiger partial charge is 0.221 e. The maximum atomic E-state index is 11.5. The first-order chi connectivity index (χ1) is 9.54. The Hall–Kier alpha value is -1.44. The fraction of sp³-hybridized carbons (Fsp3) is 0.308. The van der Waals surface area contributed by atoms with Crippen LogP contribution in [0.4, 0.5) is 0 Å². The van der Waals surface area contributed by atoms with Gasteiger partial charge in [-0.3, -0.25) is 9.89 Å². The second kappa shape index (κ2) is 8.11. The van der Waals surface area contributed by atoms with Crippen molar-refractivity contribution in [2.45, 2.75) is 25.9 Å². The molecule has 4 N–H and O–H groups in total. The average Bonchev–Trinajstić information content (AvgIpc) is 2.85. The average molecular weight is 375 g/mol. The first-order valence-corrected chi connectivity index (χ1v) is 7.03. The molecule has 1 atom stereocenters. The number of hydrogen-bond donors (Lipinski definition) is 3. The Bertz CT molecular complexity index is 585. The molecule has 21 heavy (non-hydrogen) atoms. The highest BCUT2D eigenvalue weighted by molar-refractivity contribution is 9.10. The number of benzene rings is 1. The van der Waals surface area contributed by atoms with Crippen LogP contribution in [0.25, 0.3) is 11.4 Å². The monoisotopic (exact) mass is 373 g/mol. The van der Waals surface area contributed by atoms with Crippen LogP contribution in [-0.4, -0.2) is 27.1 Å². The van der Waals surface area contributed by atoms with Crippen molar-refractivity contribution < 1.29 is 4.79 Å². The molecule has 0 radical (unpaired) electrons. The second-order valence-corrected chi connectivity index (χ2v) is 5.49. The number of halogens is 2. The lowest BCUT2D eigenvalue weighted by molar-refractivity contribution is -0.121. The molecule has 0 spiro atoms. The van der Waals surface area contributed by atoms with E-state index in [1.807, 2.05) is 24.3 Å². The fourth-order valence-electron chi connectivity index (χ4n) is 1.65. The van der Waals surface area contributed by atoms with E-state index in [1.165, 1.54) is 0 Å². The van der Waals surface area contributed by atoms with E-state index in [9.17, 15) is 4.79 Å². The Kier molecular flexibility index (Phi) is 6.80. The molecule has 2 rings (SSSR count). The van der Waals surface area contributed by atoms with Gasteiger partial charge >= 0.3 is 0 Å². The quantitative estimate of drug-likeness (QED) is 0.746. The largest absolute Gasteiger partial charge is 0.349 e. The Balaban J connectivity index is 0.00000220. The van der Waals surface area contributed by atoms with Crippen molar-refractivity contribution in [3.05, 3.63) is 34.6 Å². The molecular weight excluding hydrogens is 358 g/mol. The summed E-state index contributed by atoms with van der Waals surface area (Å²) in [5.74, 6) is 1.12. The van der Waals surface area contributed by atoms with Crippen molar-refractivity contribution in [1.29, 1.82) is 0 Å². The molecule has 0 aliphatic carbocycles. The van der Waals surface area contributed by atoms with Gasteiger partial charge in [-0.25, -0.2) is 4.98 Å². The molecule has 114 valence electrons. The van der Waals surface area contributed by atoms with Crippen LogP contribution in [0.2, 0.25) is 0 Å². The van der Waals surface area contributed by atoms with Crippen molar-refractivity contribution in [3.8, 4) is 11.4 Å². The minimum atomic E-state index is -0.150. The number of aromatic amines is 1. The molecule has 0 saturated heterocycles. The minimum Gasteiger partial charge on any atom is -0.349 e. The van der Waals surface area contributed by atoms with Crippen molar-refractivity contribution >= 4 is 34.2 Å². The van der Waals surface area contributed by atoms with Gasteiger partial charge in [-0.05, 0) is 19.1 Å². The summed E-state index contributed by atoms with van der Waals surface area (Å²) in [4.78, 5) is 15.8. The first kappa shape index (κ1) is 17.6. The van der Waals surface area contributed by atoms with Gasteiger partial charge in [0, 0.05) is 22.5 Å².